The van der Waals surface area contributed by atoms with Crippen molar-refractivity contribution >= 4 is 29.0 Å². The lowest BCUT2D eigenvalue weighted by Gasteiger charge is -2.13. The topological polar surface area (TPSA) is 48.1 Å². The number of ether oxygens (including phenoxy) is 1. The Hall–Kier alpha value is -2.26. The number of benzene rings is 2. The van der Waals surface area contributed by atoms with E-state index in [4.69, 9.17) is 15.5 Å². The molecule has 0 amide bonds. The number of anilines is 1. The maximum Gasteiger partial charge on any atom is 0.128 e. The molecule has 0 saturated heterocycles. The number of aryl methyl sites for hydroxylation is 2. The largest absolute Gasteiger partial charge is 0.457 e. The quantitative estimate of drug-likeness (QED) is 0.608. The van der Waals surface area contributed by atoms with Crippen LogP contribution in [0.25, 0.3) is 10.9 Å². The molecule has 1 aromatic heterocycles. The fourth-order valence-electron chi connectivity index (χ4n) is 3.42. The Morgan fingerprint density at radius 3 is 2.44 bits per heavy atom. The first-order chi connectivity index (χ1) is 11.7. The Morgan fingerprint density at radius 1 is 0.920 bits per heavy atom. The molecular formula is C21H23ClN2O. The maximum absolute atomic E-state index is 6.50. The number of nitrogens with two attached hydrogens (primary N) is 1. The first-order valence-corrected chi connectivity index (χ1v) is 8.66. The van der Waals surface area contributed by atoms with Gasteiger partial charge in [-0.1, -0.05) is 24.1 Å². The van der Waals surface area contributed by atoms with Crippen molar-refractivity contribution in [1.82, 2.24) is 4.98 Å². The Kier molecular flexibility index (Phi) is 5.14. The number of aromatic nitrogens is 1. The first-order valence-electron chi connectivity index (χ1n) is 8.66. The predicted octanol–water partition coefficient (Wildman–Crippen LogP) is 5.61. The Balaban J connectivity index is 0.00000182. The second-order valence-corrected chi connectivity index (χ2v) is 6.61. The van der Waals surface area contributed by atoms with E-state index < -0.39 is 0 Å². The summed E-state index contributed by atoms with van der Waals surface area (Å²) in [5.41, 5.74) is 12.0. The minimum absolute atomic E-state index is 0. The van der Waals surface area contributed by atoms with Gasteiger partial charge in [0.15, 0.2) is 0 Å². The van der Waals surface area contributed by atoms with Crippen LogP contribution in [0, 0.1) is 6.92 Å². The Labute approximate surface area is 154 Å². The molecule has 3 nitrogen and oxygen atoms in total. The van der Waals surface area contributed by atoms with Crippen LogP contribution >= 0.6 is 12.4 Å². The smallest absolute Gasteiger partial charge is 0.128 e. The minimum Gasteiger partial charge on any atom is -0.457 e. The zero-order valence-electron chi connectivity index (χ0n) is 14.4. The number of hydrogen-bond donors (Lipinski definition) is 1. The third kappa shape index (κ3) is 3.57. The molecule has 1 aliphatic rings. The molecule has 2 N–H and O–H groups in total. The SMILES string of the molecule is Cc1ccc(Oc2ccc3nc4c(c(N)c3c2)CCCCC4)cc1.Cl. The van der Waals surface area contributed by atoms with Gasteiger partial charge in [0.1, 0.15) is 11.5 Å². The lowest BCUT2D eigenvalue weighted by Crippen LogP contribution is -2.03. The van der Waals surface area contributed by atoms with Crippen molar-refractivity contribution in [1.29, 1.82) is 0 Å². The summed E-state index contributed by atoms with van der Waals surface area (Å²) >= 11 is 0. The van der Waals surface area contributed by atoms with Crippen molar-refractivity contribution in [2.24, 2.45) is 0 Å². The first kappa shape index (κ1) is 17.6. The standard InChI is InChI=1S/C21H22N2O.ClH/c1-14-7-9-15(10-8-14)24-16-11-12-20-18(13-16)21(22)17-5-3-2-4-6-19(17)23-20;/h7-13H,2-6H2,1H3,(H2,22,23);1H. The average molecular weight is 355 g/mol. The molecule has 1 aliphatic carbocycles. The highest BCUT2D eigenvalue weighted by Gasteiger charge is 2.16. The third-order valence-electron chi connectivity index (χ3n) is 4.78. The second-order valence-electron chi connectivity index (χ2n) is 6.61. The molecule has 0 aliphatic heterocycles. The normalized spacial score (nSPS) is 13.6. The minimum atomic E-state index is 0. The molecule has 0 bridgehead atoms. The molecule has 130 valence electrons. The van der Waals surface area contributed by atoms with Gasteiger partial charge in [-0.2, -0.15) is 0 Å². The van der Waals surface area contributed by atoms with Gasteiger partial charge in [0.05, 0.1) is 5.52 Å². The van der Waals surface area contributed by atoms with Gasteiger partial charge in [-0.15, -0.1) is 12.4 Å². The monoisotopic (exact) mass is 354 g/mol. The summed E-state index contributed by atoms with van der Waals surface area (Å²) < 4.78 is 5.98. The molecule has 2 aromatic carbocycles. The van der Waals surface area contributed by atoms with E-state index in [1.165, 1.54) is 36.1 Å². The average Bonchev–Trinajstić information content (AvgIpc) is 2.83. The highest BCUT2D eigenvalue weighted by Crippen LogP contribution is 2.33. The van der Waals surface area contributed by atoms with Crippen molar-refractivity contribution in [3.05, 3.63) is 59.3 Å². The van der Waals surface area contributed by atoms with Gasteiger partial charge in [0.2, 0.25) is 0 Å². The van der Waals surface area contributed by atoms with Gasteiger partial charge in [-0.05, 0) is 68.5 Å². The van der Waals surface area contributed by atoms with E-state index in [1.807, 2.05) is 42.5 Å². The highest BCUT2D eigenvalue weighted by molar-refractivity contribution is 5.93. The van der Waals surface area contributed by atoms with Crippen LogP contribution < -0.4 is 10.5 Å². The van der Waals surface area contributed by atoms with E-state index in [0.717, 1.165) is 40.9 Å². The van der Waals surface area contributed by atoms with Crippen molar-refractivity contribution in [2.75, 3.05) is 5.73 Å². The fraction of sp³-hybridized carbons (Fsp3) is 0.286. The van der Waals surface area contributed by atoms with Crippen LogP contribution in [0.15, 0.2) is 42.5 Å². The summed E-state index contributed by atoms with van der Waals surface area (Å²) in [5, 5.41) is 1.00. The number of nitrogens with zero attached hydrogens (tertiary/aromatic N) is 1. The maximum atomic E-state index is 6.50. The number of fused-ring (bicyclic) bond motifs is 2. The molecule has 3 aromatic rings. The van der Waals surface area contributed by atoms with Crippen molar-refractivity contribution in [3.8, 4) is 11.5 Å². The summed E-state index contributed by atoms with van der Waals surface area (Å²) in [5.74, 6) is 1.63. The molecule has 25 heavy (non-hydrogen) atoms. The number of pyridine rings is 1. The van der Waals surface area contributed by atoms with E-state index in [1.54, 1.807) is 0 Å². The van der Waals surface area contributed by atoms with Crippen molar-refractivity contribution in [3.63, 3.8) is 0 Å². The number of halogens is 1. The van der Waals surface area contributed by atoms with E-state index in [9.17, 15) is 0 Å². The van der Waals surface area contributed by atoms with Crippen LogP contribution in [-0.2, 0) is 12.8 Å². The lowest BCUT2D eigenvalue weighted by molar-refractivity contribution is 0.483. The van der Waals surface area contributed by atoms with Crippen LogP contribution in [0.4, 0.5) is 5.69 Å². The molecule has 1 heterocycles. The number of hydrogen-bond acceptors (Lipinski definition) is 3. The molecular weight excluding hydrogens is 332 g/mol. The number of rotatable bonds is 2. The third-order valence-corrected chi connectivity index (χ3v) is 4.78. The van der Waals surface area contributed by atoms with Gasteiger partial charge in [0.25, 0.3) is 0 Å². The van der Waals surface area contributed by atoms with E-state index in [-0.39, 0.29) is 12.4 Å². The predicted molar refractivity (Wildman–Crippen MR) is 106 cm³/mol. The second kappa shape index (κ2) is 7.32. The van der Waals surface area contributed by atoms with Crippen LogP contribution in [0.5, 0.6) is 11.5 Å². The lowest BCUT2D eigenvalue weighted by atomic mass is 10.0. The van der Waals surface area contributed by atoms with Gasteiger partial charge in [-0.3, -0.25) is 4.98 Å². The summed E-state index contributed by atoms with van der Waals surface area (Å²) in [6, 6.07) is 14.1. The summed E-state index contributed by atoms with van der Waals surface area (Å²) in [6.07, 6.45) is 5.74. The highest BCUT2D eigenvalue weighted by atomic mass is 35.5. The Bertz CT molecular complexity index is 891. The van der Waals surface area contributed by atoms with Crippen LogP contribution in [0.2, 0.25) is 0 Å². The van der Waals surface area contributed by atoms with E-state index in [0.29, 0.717) is 0 Å². The molecule has 0 fully saturated rings. The van der Waals surface area contributed by atoms with Gasteiger partial charge in [0, 0.05) is 16.8 Å². The molecule has 0 radical (unpaired) electrons. The zero-order valence-corrected chi connectivity index (χ0v) is 15.2. The summed E-state index contributed by atoms with van der Waals surface area (Å²) in [6.45, 7) is 2.07. The van der Waals surface area contributed by atoms with E-state index in [2.05, 4.69) is 6.92 Å². The summed E-state index contributed by atoms with van der Waals surface area (Å²) in [7, 11) is 0. The fourth-order valence-corrected chi connectivity index (χ4v) is 3.42. The molecule has 4 rings (SSSR count). The van der Waals surface area contributed by atoms with Crippen LogP contribution in [-0.4, -0.2) is 4.98 Å². The molecule has 4 heteroatoms. The molecule has 0 atom stereocenters. The molecule has 0 unspecified atom stereocenters. The van der Waals surface area contributed by atoms with Gasteiger partial charge in [-0.25, -0.2) is 0 Å². The van der Waals surface area contributed by atoms with Gasteiger partial charge >= 0.3 is 0 Å². The van der Waals surface area contributed by atoms with Crippen molar-refractivity contribution in [2.45, 2.75) is 39.0 Å². The zero-order chi connectivity index (χ0) is 16.5. The van der Waals surface area contributed by atoms with Gasteiger partial charge < -0.3 is 10.5 Å². The van der Waals surface area contributed by atoms with Crippen molar-refractivity contribution < 1.29 is 4.74 Å². The number of nitrogen functional groups attached to an aromatic ring is 1. The van der Waals surface area contributed by atoms with E-state index >= 15 is 0 Å². The summed E-state index contributed by atoms with van der Waals surface area (Å²) in [4.78, 5) is 4.86. The van der Waals surface area contributed by atoms with Crippen LogP contribution in [0.3, 0.4) is 0 Å². The molecule has 0 spiro atoms. The Morgan fingerprint density at radius 2 is 1.64 bits per heavy atom. The van der Waals surface area contributed by atoms with Crippen LogP contribution in [0.1, 0.15) is 36.1 Å². The molecule has 0 saturated carbocycles.